The third kappa shape index (κ3) is 3.51. The van der Waals surface area contributed by atoms with Crippen molar-refractivity contribution in [1.29, 1.82) is 0 Å². The first-order valence-corrected chi connectivity index (χ1v) is 4.88. The summed E-state index contributed by atoms with van der Waals surface area (Å²) in [5, 5.41) is 9.24. The predicted octanol–water partition coefficient (Wildman–Crippen LogP) is 1.14. The molecule has 0 saturated carbocycles. The van der Waals surface area contributed by atoms with Gasteiger partial charge in [-0.25, -0.2) is 0 Å². The van der Waals surface area contributed by atoms with E-state index in [1.807, 2.05) is 0 Å². The zero-order chi connectivity index (χ0) is 11.4. The van der Waals surface area contributed by atoms with E-state index in [1.165, 1.54) is 0 Å². The molecule has 0 heterocycles. The van der Waals surface area contributed by atoms with Gasteiger partial charge in [-0.1, -0.05) is 23.7 Å². The number of carboxylic acids is 1. The van der Waals surface area contributed by atoms with Crippen LogP contribution >= 0.6 is 11.6 Å². The van der Waals surface area contributed by atoms with Crippen LogP contribution in [-0.2, 0) is 4.79 Å². The monoisotopic (exact) mass is 228 g/mol. The van der Waals surface area contributed by atoms with Gasteiger partial charge in [-0.2, -0.15) is 0 Å². The summed E-state index contributed by atoms with van der Waals surface area (Å²) >= 11 is 5.71. The Bertz CT molecular complexity index is 340. The Morgan fingerprint density at radius 2 is 1.87 bits per heavy atom. The molecule has 4 nitrogen and oxygen atoms in total. The van der Waals surface area contributed by atoms with Gasteiger partial charge in [0, 0.05) is 11.1 Å². The second-order valence-corrected chi connectivity index (χ2v) is 3.77. The third-order valence-corrected chi connectivity index (χ3v) is 2.38. The molecule has 0 aliphatic heterocycles. The van der Waals surface area contributed by atoms with Gasteiger partial charge in [-0.3, -0.25) is 4.79 Å². The Balaban J connectivity index is 2.64. The van der Waals surface area contributed by atoms with Crippen molar-refractivity contribution in [2.24, 2.45) is 11.5 Å². The fraction of sp³-hybridized carbons (Fsp3) is 0.300. The molecule has 2 atom stereocenters. The molecular weight excluding hydrogens is 216 g/mol. The van der Waals surface area contributed by atoms with Crippen LogP contribution in [0.4, 0.5) is 0 Å². The van der Waals surface area contributed by atoms with Crippen LogP contribution < -0.4 is 11.5 Å². The van der Waals surface area contributed by atoms with Gasteiger partial charge in [0.2, 0.25) is 0 Å². The molecule has 0 unspecified atom stereocenters. The van der Waals surface area contributed by atoms with Crippen molar-refractivity contribution in [2.45, 2.75) is 18.5 Å². The van der Waals surface area contributed by atoms with E-state index < -0.39 is 12.0 Å². The molecule has 0 spiro atoms. The summed E-state index contributed by atoms with van der Waals surface area (Å²) in [5.74, 6) is -1.04. The van der Waals surface area contributed by atoms with E-state index in [2.05, 4.69) is 0 Å². The minimum atomic E-state index is -1.04. The number of carbonyl (C=O) groups is 1. The van der Waals surface area contributed by atoms with Gasteiger partial charge in [0.1, 0.15) is 6.04 Å². The molecule has 0 radical (unpaired) electrons. The maximum atomic E-state index is 10.5. The number of hydrogen-bond donors (Lipinski definition) is 3. The number of rotatable bonds is 4. The SMILES string of the molecule is N[C@H](C[C@H](N)c1ccc(Cl)cc1)C(=O)O. The van der Waals surface area contributed by atoms with E-state index >= 15 is 0 Å². The van der Waals surface area contributed by atoms with E-state index in [9.17, 15) is 4.79 Å². The molecule has 5 heteroatoms. The molecule has 0 aromatic heterocycles. The van der Waals surface area contributed by atoms with Crippen molar-refractivity contribution in [2.75, 3.05) is 0 Å². The summed E-state index contributed by atoms with van der Waals surface area (Å²) in [6, 6.07) is 5.64. The molecule has 0 aliphatic carbocycles. The Kier molecular flexibility index (Phi) is 4.08. The molecule has 1 aromatic rings. The fourth-order valence-corrected chi connectivity index (χ4v) is 1.35. The van der Waals surface area contributed by atoms with Crippen LogP contribution in [0.5, 0.6) is 0 Å². The number of halogens is 1. The summed E-state index contributed by atoms with van der Waals surface area (Å²) in [4.78, 5) is 10.5. The fourth-order valence-electron chi connectivity index (χ4n) is 1.22. The first-order valence-electron chi connectivity index (χ1n) is 4.50. The van der Waals surface area contributed by atoms with Crippen molar-refractivity contribution in [3.05, 3.63) is 34.9 Å². The number of benzene rings is 1. The standard InChI is InChI=1S/C10H13ClN2O2/c11-7-3-1-6(2-4-7)8(12)5-9(13)10(14)15/h1-4,8-9H,5,12-13H2,(H,14,15)/t8-,9+/m0/s1. The molecule has 0 fully saturated rings. The van der Waals surface area contributed by atoms with Crippen LogP contribution in [0.25, 0.3) is 0 Å². The minimum Gasteiger partial charge on any atom is -0.480 e. The molecule has 1 aromatic carbocycles. The average molecular weight is 229 g/mol. The van der Waals surface area contributed by atoms with Crippen molar-refractivity contribution in [1.82, 2.24) is 0 Å². The maximum Gasteiger partial charge on any atom is 0.320 e. The van der Waals surface area contributed by atoms with E-state index in [0.717, 1.165) is 5.56 Å². The molecule has 0 aliphatic rings. The second-order valence-electron chi connectivity index (χ2n) is 3.34. The van der Waals surface area contributed by atoms with Crippen molar-refractivity contribution < 1.29 is 9.90 Å². The van der Waals surface area contributed by atoms with Gasteiger partial charge in [-0.05, 0) is 24.1 Å². The molecule has 0 bridgehead atoms. The van der Waals surface area contributed by atoms with Crippen LogP contribution in [-0.4, -0.2) is 17.1 Å². The lowest BCUT2D eigenvalue weighted by atomic mass is 10.0. The van der Waals surface area contributed by atoms with Gasteiger partial charge in [-0.15, -0.1) is 0 Å². The highest BCUT2D eigenvalue weighted by molar-refractivity contribution is 6.30. The second kappa shape index (κ2) is 5.11. The van der Waals surface area contributed by atoms with Crippen LogP contribution in [0.2, 0.25) is 5.02 Å². The summed E-state index contributed by atoms with van der Waals surface area (Å²) in [6.07, 6.45) is 0.205. The highest BCUT2D eigenvalue weighted by Gasteiger charge is 2.16. The van der Waals surface area contributed by atoms with E-state index in [-0.39, 0.29) is 12.5 Å². The van der Waals surface area contributed by atoms with E-state index in [1.54, 1.807) is 24.3 Å². The molecule has 0 amide bonds. The molecule has 15 heavy (non-hydrogen) atoms. The molecule has 0 saturated heterocycles. The predicted molar refractivity (Wildman–Crippen MR) is 58.6 cm³/mol. The average Bonchev–Trinajstić information content (AvgIpc) is 2.18. The summed E-state index contributed by atoms with van der Waals surface area (Å²) in [5.41, 5.74) is 12.0. The van der Waals surface area contributed by atoms with Crippen LogP contribution in [0.3, 0.4) is 0 Å². The third-order valence-electron chi connectivity index (χ3n) is 2.12. The first kappa shape index (κ1) is 12.0. The van der Waals surface area contributed by atoms with Crippen molar-refractivity contribution in [3.63, 3.8) is 0 Å². The Morgan fingerprint density at radius 1 is 1.33 bits per heavy atom. The smallest absolute Gasteiger partial charge is 0.320 e. The lowest BCUT2D eigenvalue weighted by molar-refractivity contribution is -0.138. The van der Waals surface area contributed by atoms with Gasteiger partial charge < -0.3 is 16.6 Å². The molecule has 5 N–H and O–H groups in total. The van der Waals surface area contributed by atoms with Gasteiger partial charge in [0.25, 0.3) is 0 Å². The van der Waals surface area contributed by atoms with Gasteiger partial charge in [0.15, 0.2) is 0 Å². The summed E-state index contributed by atoms with van der Waals surface area (Å²) in [6.45, 7) is 0. The lowest BCUT2D eigenvalue weighted by Crippen LogP contribution is -2.33. The zero-order valence-corrected chi connectivity index (χ0v) is 8.82. The lowest BCUT2D eigenvalue weighted by Gasteiger charge is -2.14. The molecule has 82 valence electrons. The highest BCUT2D eigenvalue weighted by Crippen LogP contribution is 2.17. The number of nitrogens with two attached hydrogens (primary N) is 2. The number of aliphatic carboxylic acids is 1. The molecule has 1 rings (SSSR count). The minimum absolute atomic E-state index is 0.205. The van der Waals surface area contributed by atoms with Gasteiger partial charge in [0.05, 0.1) is 0 Å². The normalized spacial score (nSPS) is 14.6. The summed E-state index contributed by atoms with van der Waals surface area (Å²) < 4.78 is 0. The maximum absolute atomic E-state index is 10.5. The van der Waals surface area contributed by atoms with Crippen molar-refractivity contribution in [3.8, 4) is 0 Å². The van der Waals surface area contributed by atoms with E-state index in [0.29, 0.717) is 5.02 Å². The van der Waals surface area contributed by atoms with Crippen LogP contribution in [0, 0.1) is 0 Å². The molecular formula is C10H13ClN2O2. The topological polar surface area (TPSA) is 89.3 Å². The Morgan fingerprint density at radius 3 is 2.33 bits per heavy atom. The van der Waals surface area contributed by atoms with Gasteiger partial charge >= 0.3 is 5.97 Å². The number of carboxylic acid groups (broad SMARTS) is 1. The quantitative estimate of drug-likeness (QED) is 0.721. The zero-order valence-electron chi connectivity index (χ0n) is 8.06. The van der Waals surface area contributed by atoms with Crippen molar-refractivity contribution >= 4 is 17.6 Å². The highest BCUT2D eigenvalue weighted by atomic mass is 35.5. The van der Waals surface area contributed by atoms with Crippen LogP contribution in [0.15, 0.2) is 24.3 Å². The van der Waals surface area contributed by atoms with E-state index in [4.69, 9.17) is 28.2 Å². The summed E-state index contributed by atoms with van der Waals surface area (Å²) in [7, 11) is 0. The largest absolute Gasteiger partial charge is 0.480 e. The first-order chi connectivity index (χ1) is 7.00. The van der Waals surface area contributed by atoms with Crippen LogP contribution in [0.1, 0.15) is 18.0 Å². The Labute approximate surface area is 92.8 Å². The Hall–Kier alpha value is -1.10. The number of hydrogen-bond acceptors (Lipinski definition) is 3.